The van der Waals surface area contributed by atoms with Gasteiger partial charge < -0.3 is 0 Å². The summed E-state index contributed by atoms with van der Waals surface area (Å²) in [7, 11) is 0. The lowest BCUT2D eigenvalue weighted by atomic mass is 10.1. The van der Waals surface area contributed by atoms with Crippen LogP contribution in [0.25, 0.3) is 22.5 Å². The molecule has 0 aliphatic carbocycles. The van der Waals surface area contributed by atoms with Crippen molar-refractivity contribution in [1.29, 1.82) is 0 Å². The molecule has 0 N–H and O–H groups in total. The summed E-state index contributed by atoms with van der Waals surface area (Å²) < 4.78 is 1.01. The Hall–Kier alpha value is -1.71. The Morgan fingerprint density at radius 3 is 2.10 bits per heavy atom. The Bertz CT molecular complexity index is 744. The second-order valence-corrected chi connectivity index (χ2v) is 5.54. The maximum atomic E-state index is 6.06. The highest BCUT2D eigenvalue weighted by molar-refractivity contribution is 9.10. The van der Waals surface area contributed by atoms with Crippen LogP contribution in [0.3, 0.4) is 0 Å². The minimum absolute atomic E-state index is 0.251. The van der Waals surface area contributed by atoms with Crippen molar-refractivity contribution in [3.05, 3.63) is 70.4 Å². The highest BCUT2D eigenvalue weighted by Gasteiger charge is 2.07. The van der Waals surface area contributed by atoms with Gasteiger partial charge in [-0.25, -0.2) is 9.97 Å². The summed E-state index contributed by atoms with van der Waals surface area (Å²) in [5, 5.41) is 0.251. The van der Waals surface area contributed by atoms with Gasteiger partial charge in [-0.2, -0.15) is 0 Å². The van der Waals surface area contributed by atoms with E-state index in [1.165, 1.54) is 0 Å². The SMILES string of the molecule is Clc1nc(-c2ccccc2)cc(-c2cccc(Br)c2)n1. The van der Waals surface area contributed by atoms with Gasteiger partial charge in [0.2, 0.25) is 5.28 Å². The van der Waals surface area contributed by atoms with Gasteiger partial charge in [0.15, 0.2) is 0 Å². The van der Waals surface area contributed by atoms with Gasteiger partial charge in [0, 0.05) is 15.6 Å². The van der Waals surface area contributed by atoms with Crippen molar-refractivity contribution in [3.63, 3.8) is 0 Å². The molecular weight excluding hydrogens is 336 g/mol. The summed E-state index contributed by atoms with van der Waals surface area (Å²) in [5.41, 5.74) is 3.65. The third-order valence-corrected chi connectivity index (χ3v) is 3.55. The Morgan fingerprint density at radius 2 is 1.40 bits per heavy atom. The summed E-state index contributed by atoms with van der Waals surface area (Å²) in [6.45, 7) is 0. The van der Waals surface area contributed by atoms with Crippen LogP contribution in [0.15, 0.2) is 65.1 Å². The molecule has 20 heavy (non-hydrogen) atoms. The van der Waals surface area contributed by atoms with Crippen molar-refractivity contribution in [3.8, 4) is 22.5 Å². The summed E-state index contributed by atoms with van der Waals surface area (Å²) in [6.07, 6.45) is 0. The Morgan fingerprint density at radius 1 is 0.750 bits per heavy atom. The van der Waals surface area contributed by atoms with Crippen molar-refractivity contribution >= 4 is 27.5 Å². The third-order valence-electron chi connectivity index (χ3n) is 2.89. The average molecular weight is 346 g/mol. The molecule has 0 spiro atoms. The number of nitrogens with zero attached hydrogens (tertiary/aromatic N) is 2. The molecule has 0 amide bonds. The Kier molecular flexibility index (Phi) is 3.81. The molecule has 1 aromatic heterocycles. The molecule has 98 valence electrons. The number of benzene rings is 2. The fourth-order valence-electron chi connectivity index (χ4n) is 1.97. The van der Waals surface area contributed by atoms with Crippen molar-refractivity contribution in [2.45, 2.75) is 0 Å². The number of rotatable bonds is 2. The predicted molar refractivity (Wildman–Crippen MR) is 85.6 cm³/mol. The van der Waals surface area contributed by atoms with E-state index < -0.39 is 0 Å². The standard InChI is InChI=1S/C16H10BrClN2/c17-13-8-4-7-12(9-13)15-10-14(19-16(18)20-15)11-5-2-1-3-6-11/h1-10H. The Balaban J connectivity index is 2.12. The lowest BCUT2D eigenvalue weighted by Gasteiger charge is -2.06. The molecule has 0 unspecified atom stereocenters. The van der Waals surface area contributed by atoms with E-state index in [-0.39, 0.29) is 5.28 Å². The van der Waals surface area contributed by atoms with Gasteiger partial charge in [0.25, 0.3) is 0 Å². The van der Waals surface area contributed by atoms with E-state index in [1.807, 2.05) is 60.7 Å². The van der Waals surface area contributed by atoms with Gasteiger partial charge in [0.1, 0.15) is 0 Å². The van der Waals surface area contributed by atoms with Crippen molar-refractivity contribution in [1.82, 2.24) is 9.97 Å². The van der Waals surface area contributed by atoms with E-state index in [9.17, 15) is 0 Å². The second kappa shape index (κ2) is 5.73. The van der Waals surface area contributed by atoms with Crippen molar-refractivity contribution in [2.75, 3.05) is 0 Å². The molecule has 0 atom stereocenters. The first-order chi connectivity index (χ1) is 9.72. The number of halogens is 2. The van der Waals surface area contributed by atoms with E-state index in [2.05, 4.69) is 25.9 Å². The van der Waals surface area contributed by atoms with Gasteiger partial charge in [-0.05, 0) is 29.8 Å². The van der Waals surface area contributed by atoms with Crippen LogP contribution in [0.5, 0.6) is 0 Å². The molecule has 2 nitrogen and oxygen atoms in total. The molecule has 0 saturated heterocycles. The van der Waals surface area contributed by atoms with Crippen LogP contribution in [0, 0.1) is 0 Å². The summed E-state index contributed by atoms with van der Waals surface area (Å²) >= 11 is 9.52. The van der Waals surface area contributed by atoms with Crippen LogP contribution in [0.4, 0.5) is 0 Å². The molecule has 3 rings (SSSR count). The number of aromatic nitrogens is 2. The van der Waals surface area contributed by atoms with Crippen LogP contribution in [0.2, 0.25) is 5.28 Å². The molecular formula is C16H10BrClN2. The minimum atomic E-state index is 0.251. The van der Waals surface area contributed by atoms with Crippen LogP contribution in [-0.4, -0.2) is 9.97 Å². The van der Waals surface area contributed by atoms with Gasteiger partial charge in [0.05, 0.1) is 11.4 Å². The van der Waals surface area contributed by atoms with Crippen LogP contribution in [0.1, 0.15) is 0 Å². The van der Waals surface area contributed by atoms with Crippen LogP contribution < -0.4 is 0 Å². The predicted octanol–water partition coefficient (Wildman–Crippen LogP) is 5.23. The number of hydrogen-bond acceptors (Lipinski definition) is 2. The summed E-state index contributed by atoms with van der Waals surface area (Å²) in [5.74, 6) is 0. The molecule has 0 aliphatic rings. The van der Waals surface area contributed by atoms with E-state index in [0.29, 0.717) is 0 Å². The van der Waals surface area contributed by atoms with Crippen LogP contribution >= 0.6 is 27.5 Å². The zero-order valence-electron chi connectivity index (χ0n) is 10.4. The fourth-order valence-corrected chi connectivity index (χ4v) is 2.55. The lowest BCUT2D eigenvalue weighted by Crippen LogP contribution is -1.91. The topological polar surface area (TPSA) is 25.8 Å². The van der Waals surface area contributed by atoms with Crippen molar-refractivity contribution < 1.29 is 0 Å². The second-order valence-electron chi connectivity index (χ2n) is 4.28. The van der Waals surface area contributed by atoms with Gasteiger partial charge in [-0.15, -0.1) is 0 Å². The van der Waals surface area contributed by atoms with E-state index in [1.54, 1.807) is 0 Å². The number of hydrogen-bond donors (Lipinski definition) is 0. The fraction of sp³-hybridized carbons (Fsp3) is 0. The molecule has 0 aliphatic heterocycles. The smallest absolute Gasteiger partial charge is 0.218 e. The van der Waals surface area contributed by atoms with Gasteiger partial charge in [-0.1, -0.05) is 58.4 Å². The highest BCUT2D eigenvalue weighted by Crippen LogP contribution is 2.26. The molecule has 2 aromatic carbocycles. The first-order valence-corrected chi connectivity index (χ1v) is 7.25. The van der Waals surface area contributed by atoms with E-state index in [0.717, 1.165) is 27.0 Å². The maximum absolute atomic E-state index is 6.06. The zero-order valence-corrected chi connectivity index (χ0v) is 12.8. The van der Waals surface area contributed by atoms with Crippen molar-refractivity contribution in [2.24, 2.45) is 0 Å². The molecule has 0 radical (unpaired) electrons. The molecule has 0 bridgehead atoms. The maximum Gasteiger partial charge on any atom is 0.223 e. The average Bonchev–Trinajstić information content (AvgIpc) is 2.47. The van der Waals surface area contributed by atoms with Gasteiger partial charge in [-0.3, -0.25) is 0 Å². The van der Waals surface area contributed by atoms with Gasteiger partial charge >= 0.3 is 0 Å². The quantitative estimate of drug-likeness (QED) is 0.595. The van der Waals surface area contributed by atoms with E-state index >= 15 is 0 Å². The highest BCUT2D eigenvalue weighted by atomic mass is 79.9. The third kappa shape index (κ3) is 2.89. The summed E-state index contributed by atoms with van der Waals surface area (Å²) in [6, 6.07) is 19.8. The van der Waals surface area contributed by atoms with E-state index in [4.69, 9.17) is 11.6 Å². The molecule has 0 saturated carbocycles. The largest absolute Gasteiger partial charge is 0.223 e. The van der Waals surface area contributed by atoms with Crippen LogP contribution in [-0.2, 0) is 0 Å². The first-order valence-electron chi connectivity index (χ1n) is 6.08. The molecule has 3 aromatic rings. The molecule has 4 heteroatoms. The first kappa shape index (κ1) is 13.3. The lowest BCUT2D eigenvalue weighted by molar-refractivity contribution is 1.18. The minimum Gasteiger partial charge on any atom is -0.218 e. The molecule has 1 heterocycles. The Labute approximate surface area is 130 Å². The monoisotopic (exact) mass is 344 g/mol. The normalized spacial score (nSPS) is 10.5. The summed E-state index contributed by atoms with van der Waals surface area (Å²) in [4.78, 5) is 8.60. The molecule has 0 fully saturated rings. The zero-order chi connectivity index (χ0) is 13.9.